The summed E-state index contributed by atoms with van der Waals surface area (Å²) >= 11 is 2.27. The van der Waals surface area contributed by atoms with Gasteiger partial charge in [-0.3, -0.25) is 13.9 Å². The fraction of sp³-hybridized carbons (Fsp3) is 0.286. The van der Waals surface area contributed by atoms with Gasteiger partial charge in [0.15, 0.2) is 5.78 Å². The predicted molar refractivity (Wildman–Crippen MR) is 145 cm³/mol. The Hall–Kier alpha value is -2.78. The van der Waals surface area contributed by atoms with Crippen LogP contribution in [0.15, 0.2) is 71.5 Å². The molecule has 5 nitrogen and oxygen atoms in total. The van der Waals surface area contributed by atoms with Gasteiger partial charge in [-0.1, -0.05) is 12.1 Å². The molecule has 1 aliphatic heterocycles. The third-order valence-corrected chi connectivity index (χ3v) is 7.68. The highest BCUT2D eigenvalue weighted by Crippen LogP contribution is 2.24. The first-order valence-electron chi connectivity index (χ1n) is 11.9. The van der Waals surface area contributed by atoms with E-state index in [0.29, 0.717) is 12.1 Å². The Kier molecular flexibility index (Phi) is 6.88. The molecule has 3 aromatic carbocycles. The van der Waals surface area contributed by atoms with Crippen molar-refractivity contribution in [2.45, 2.75) is 26.3 Å². The average molecular weight is 583 g/mol. The Balaban J connectivity index is 1.31. The van der Waals surface area contributed by atoms with E-state index in [-0.39, 0.29) is 23.2 Å². The lowest BCUT2D eigenvalue weighted by atomic mass is 9.89. The molecule has 180 valence electrons. The Labute approximate surface area is 217 Å². The van der Waals surface area contributed by atoms with Crippen molar-refractivity contribution in [3.05, 3.63) is 97.7 Å². The van der Waals surface area contributed by atoms with Gasteiger partial charge in [-0.2, -0.15) is 0 Å². The van der Waals surface area contributed by atoms with Gasteiger partial charge in [0.1, 0.15) is 5.82 Å². The number of imidazole rings is 1. The number of para-hydroxylation sites is 1. The maximum absolute atomic E-state index is 13.6. The van der Waals surface area contributed by atoms with Crippen LogP contribution in [-0.2, 0) is 6.54 Å². The molecule has 0 N–H and O–H groups in total. The van der Waals surface area contributed by atoms with Gasteiger partial charge >= 0.3 is 5.69 Å². The summed E-state index contributed by atoms with van der Waals surface area (Å²) in [7, 11) is 0. The van der Waals surface area contributed by atoms with Crippen LogP contribution in [0.5, 0.6) is 0 Å². The molecule has 0 amide bonds. The summed E-state index contributed by atoms with van der Waals surface area (Å²) in [5.74, 6) is -0.271. The van der Waals surface area contributed by atoms with E-state index < -0.39 is 0 Å². The summed E-state index contributed by atoms with van der Waals surface area (Å²) in [6.07, 6.45) is 1.54. The number of ketones is 1. The molecule has 0 saturated carbocycles. The molecule has 1 aliphatic rings. The van der Waals surface area contributed by atoms with Crippen LogP contribution in [0.1, 0.15) is 28.8 Å². The quantitative estimate of drug-likeness (QED) is 0.225. The zero-order valence-corrected chi connectivity index (χ0v) is 21.7. The molecule has 1 fully saturated rings. The largest absolute Gasteiger partial charge is 0.333 e. The summed E-state index contributed by atoms with van der Waals surface area (Å²) in [5.41, 5.74) is 4.37. The van der Waals surface area contributed by atoms with Gasteiger partial charge < -0.3 is 4.90 Å². The topological polar surface area (TPSA) is 47.2 Å². The number of aryl methyl sites for hydroxylation is 1. The summed E-state index contributed by atoms with van der Waals surface area (Å²) in [6, 6.07) is 19.9. The number of benzene rings is 3. The summed E-state index contributed by atoms with van der Waals surface area (Å²) in [4.78, 5) is 28.7. The van der Waals surface area contributed by atoms with Crippen molar-refractivity contribution in [2.75, 3.05) is 19.6 Å². The van der Waals surface area contributed by atoms with Crippen LogP contribution in [0.2, 0.25) is 0 Å². The minimum absolute atomic E-state index is 0.0307. The van der Waals surface area contributed by atoms with Crippen molar-refractivity contribution in [3.63, 3.8) is 0 Å². The van der Waals surface area contributed by atoms with Gasteiger partial charge in [-0.05, 0) is 116 Å². The van der Waals surface area contributed by atoms with Gasteiger partial charge in [-0.15, -0.1) is 0 Å². The number of rotatable bonds is 6. The molecule has 0 spiro atoms. The van der Waals surface area contributed by atoms with Crippen LogP contribution in [-0.4, -0.2) is 39.5 Å². The van der Waals surface area contributed by atoms with Gasteiger partial charge in [0, 0.05) is 28.1 Å². The molecule has 1 aromatic heterocycles. The Bertz CT molecular complexity index is 1420. The smallest absolute Gasteiger partial charge is 0.302 e. The maximum atomic E-state index is 13.6. The monoisotopic (exact) mass is 583 g/mol. The van der Waals surface area contributed by atoms with Crippen molar-refractivity contribution >= 4 is 39.4 Å². The van der Waals surface area contributed by atoms with Gasteiger partial charge in [0.25, 0.3) is 0 Å². The van der Waals surface area contributed by atoms with Crippen LogP contribution in [0.3, 0.4) is 0 Å². The van der Waals surface area contributed by atoms with E-state index in [1.54, 1.807) is 12.1 Å². The van der Waals surface area contributed by atoms with Gasteiger partial charge in [-0.25, -0.2) is 9.18 Å². The normalized spacial score (nSPS) is 15.1. The van der Waals surface area contributed by atoms with E-state index in [2.05, 4.69) is 27.5 Å². The highest BCUT2D eigenvalue weighted by atomic mass is 127. The van der Waals surface area contributed by atoms with Crippen LogP contribution < -0.4 is 5.69 Å². The molecular formula is C28H27FIN3O2. The lowest BCUT2D eigenvalue weighted by Gasteiger charge is -2.31. The summed E-state index contributed by atoms with van der Waals surface area (Å²) < 4.78 is 18.0. The maximum Gasteiger partial charge on any atom is 0.333 e. The number of nitrogens with zero attached hydrogens (tertiary/aromatic N) is 3. The van der Waals surface area contributed by atoms with E-state index in [1.807, 2.05) is 58.5 Å². The number of likely N-dealkylation sites (tertiary alicyclic amines) is 1. The molecule has 7 heteroatoms. The lowest BCUT2D eigenvalue weighted by molar-refractivity contribution is 0.0837. The van der Waals surface area contributed by atoms with Crippen molar-refractivity contribution in [2.24, 2.45) is 5.92 Å². The SMILES string of the molecule is Cc1cccc2c1n(-c1ccc(I)cc1)c(=O)n2CCN1CCC(C(=O)c2ccc(F)cc2)CC1. The molecule has 1 saturated heterocycles. The zero-order valence-electron chi connectivity index (χ0n) is 19.6. The fourth-order valence-corrected chi connectivity index (χ4v) is 5.39. The number of piperidine rings is 1. The summed E-state index contributed by atoms with van der Waals surface area (Å²) in [5, 5.41) is 0. The van der Waals surface area contributed by atoms with Crippen molar-refractivity contribution < 1.29 is 9.18 Å². The molecular weight excluding hydrogens is 556 g/mol. The minimum Gasteiger partial charge on any atom is -0.302 e. The van der Waals surface area contributed by atoms with E-state index in [0.717, 1.165) is 58.3 Å². The molecule has 35 heavy (non-hydrogen) atoms. The number of Topliss-reactive ketones (excluding diaryl/α,β-unsaturated/α-hetero) is 1. The first-order chi connectivity index (χ1) is 16.9. The summed E-state index contributed by atoms with van der Waals surface area (Å²) in [6.45, 7) is 4.99. The van der Waals surface area contributed by atoms with Crippen LogP contribution in [0.4, 0.5) is 4.39 Å². The van der Waals surface area contributed by atoms with Crippen molar-refractivity contribution in [1.29, 1.82) is 0 Å². The Morgan fingerprint density at radius 2 is 1.66 bits per heavy atom. The zero-order chi connectivity index (χ0) is 24.5. The molecule has 0 bridgehead atoms. The molecule has 4 aromatic rings. The van der Waals surface area contributed by atoms with E-state index >= 15 is 0 Å². The van der Waals surface area contributed by atoms with Gasteiger partial charge in [0.05, 0.1) is 16.7 Å². The predicted octanol–water partition coefficient (Wildman–Crippen LogP) is 5.44. The van der Waals surface area contributed by atoms with Crippen LogP contribution in [0, 0.1) is 22.2 Å². The second-order valence-electron chi connectivity index (χ2n) is 9.18. The number of carbonyl (C=O) groups excluding carboxylic acids is 1. The van der Waals surface area contributed by atoms with Gasteiger partial charge in [0.2, 0.25) is 0 Å². The Morgan fingerprint density at radius 3 is 2.34 bits per heavy atom. The fourth-order valence-electron chi connectivity index (χ4n) is 5.03. The molecule has 5 rings (SSSR count). The molecule has 0 aliphatic carbocycles. The number of halogens is 2. The molecule has 2 heterocycles. The highest BCUT2D eigenvalue weighted by Gasteiger charge is 2.26. The second kappa shape index (κ2) is 10.1. The number of carbonyl (C=O) groups is 1. The van der Waals surface area contributed by atoms with Crippen LogP contribution >= 0.6 is 22.6 Å². The van der Waals surface area contributed by atoms with Crippen molar-refractivity contribution in [1.82, 2.24) is 14.0 Å². The van der Waals surface area contributed by atoms with E-state index in [9.17, 15) is 14.0 Å². The third-order valence-electron chi connectivity index (χ3n) is 6.96. The molecule has 0 unspecified atom stereocenters. The number of hydrogen-bond acceptors (Lipinski definition) is 3. The van der Waals surface area contributed by atoms with Crippen LogP contribution in [0.25, 0.3) is 16.7 Å². The minimum atomic E-state index is -0.329. The first kappa shape index (κ1) is 23.9. The number of hydrogen-bond donors (Lipinski definition) is 0. The molecule has 0 radical (unpaired) electrons. The second-order valence-corrected chi connectivity index (χ2v) is 10.4. The highest BCUT2D eigenvalue weighted by molar-refractivity contribution is 14.1. The average Bonchev–Trinajstić information content (AvgIpc) is 3.16. The lowest BCUT2D eigenvalue weighted by Crippen LogP contribution is -2.39. The van der Waals surface area contributed by atoms with Crippen molar-refractivity contribution in [3.8, 4) is 5.69 Å². The van der Waals surface area contributed by atoms with E-state index in [4.69, 9.17) is 0 Å². The third kappa shape index (κ3) is 4.84. The Morgan fingerprint density at radius 1 is 0.971 bits per heavy atom. The first-order valence-corrected chi connectivity index (χ1v) is 13.0. The standard InChI is InChI=1S/C28H27FIN3O2/c1-19-3-2-4-25-26(19)33(24-11-9-23(30)10-12-24)28(35)32(25)18-17-31-15-13-21(14-16-31)27(34)20-5-7-22(29)8-6-20/h2-12,21H,13-18H2,1H3. The van der Waals surface area contributed by atoms with E-state index in [1.165, 1.54) is 12.1 Å². The molecule has 0 atom stereocenters. The number of aromatic nitrogens is 2. The number of fused-ring (bicyclic) bond motifs is 1.